The second-order valence-corrected chi connectivity index (χ2v) is 14.3. The molecular formula is C43H91N7O12S4. The summed E-state index contributed by atoms with van der Waals surface area (Å²) in [5.74, 6) is -1.20. The number of likely N-dealkylation sites (N-methyl/N-ethyl adjacent to an activating group) is 1. The molecule has 0 aliphatic heterocycles. The molecule has 0 bridgehead atoms. The summed E-state index contributed by atoms with van der Waals surface area (Å²) < 4.78 is 18.8. The van der Waals surface area contributed by atoms with E-state index in [2.05, 4.69) is 25.4 Å². The van der Waals surface area contributed by atoms with Crippen molar-refractivity contribution in [2.75, 3.05) is 87.0 Å². The molecule has 66 heavy (non-hydrogen) atoms. The van der Waals surface area contributed by atoms with Crippen LogP contribution in [-0.2, 0) is 52.5 Å². The van der Waals surface area contributed by atoms with Crippen molar-refractivity contribution in [3.63, 3.8) is 0 Å². The maximum absolute atomic E-state index is 12.5. The van der Waals surface area contributed by atoms with Gasteiger partial charge in [0, 0.05) is 97.9 Å². The number of carbonyl (C=O) groups excluding carboxylic acids is 8. The fourth-order valence-electron chi connectivity index (χ4n) is 5.62. The van der Waals surface area contributed by atoms with Gasteiger partial charge in [0.1, 0.15) is 19.0 Å². The molecule has 394 valence electrons. The third-order valence-corrected chi connectivity index (χ3v) is 9.40. The molecule has 0 heterocycles. The molecule has 0 aliphatic carbocycles. The second-order valence-electron chi connectivity index (χ2n) is 14.3. The van der Waals surface area contributed by atoms with E-state index >= 15 is 0 Å². The summed E-state index contributed by atoms with van der Waals surface area (Å²) in [6.45, 7) is 13.0. The van der Waals surface area contributed by atoms with Gasteiger partial charge >= 0.3 is 12.1 Å². The van der Waals surface area contributed by atoms with Crippen molar-refractivity contribution in [2.24, 2.45) is 17.4 Å². The molecular weight excluding hydrogens is 935 g/mol. The Morgan fingerprint density at radius 1 is 0.576 bits per heavy atom. The summed E-state index contributed by atoms with van der Waals surface area (Å²) in [6.07, 6.45) is 8.29. The highest BCUT2D eigenvalue weighted by atomic mass is 32.1. The predicted molar refractivity (Wildman–Crippen MR) is 279 cm³/mol. The number of methoxy groups -OCH3 is 2. The Morgan fingerprint density at radius 3 is 1.56 bits per heavy atom. The number of nitrogens with zero attached hydrogens (tertiary/aromatic N) is 2. The van der Waals surface area contributed by atoms with E-state index in [4.69, 9.17) is 20.9 Å². The van der Waals surface area contributed by atoms with Gasteiger partial charge < -0.3 is 56.2 Å². The van der Waals surface area contributed by atoms with Crippen LogP contribution in [-0.4, -0.2) is 150 Å². The number of nitrogens with one attached hydrogen (secondary N) is 3. The van der Waals surface area contributed by atoms with Crippen LogP contribution in [0.1, 0.15) is 131 Å². The molecule has 0 rings (SSSR count). The third-order valence-electron chi connectivity index (χ3n) is 9.40. The fourth-order valence-corrected chi connectivity index (χ4v) is 5.62. The number of rotatable bonds is 35. The van der Waals surface area contributed by atoms with Crippen molar-refractivity contribution in [2.45, 2.75) is 137 Å². The van der Waals surface area contributed by atoms with Gasteiger partial charge in [-0.25, -0.2) is 4.79 Å². The standard InChI is InChI=1S/C30H56N6O6.C7H14O3.C6H13NO3.4H2S/c1-5-23(29(31)41)13-9-8-10-14-24(37)16-19-35(27(39)6-2)21-22-36(28(40)7-3)20-17-26(38)34-18-12-11-15-25(33-4)30(32)42;1-3-4-7(8)10-6-5-9-2;1-3-7-6(8)10-5-4-9-2;;;;/h23,25,33H,5-22H2,1-4H3,(H2,31,41)(H2,32,42)(H,34,38);3-6H2,1-2H3;3-5H2,1-2H3,(H,7,8);4*1H2/t23-,25-;;;;;;/m0....../s1. The first kappa shape index (κ1) is 77.3. The van der Waals surface area contributed by atoms with Crippen LogP contribution in [0, 0.1) is 5.92 Å². The number of ketones is 1. The summed E-state index contributed by atoms with van der Waals surface area (Å²) in [5, 5.41) is 8.19. The number of nitrogens with two attached hydrogens (primary N) is 2. The minimum absolute atomic E-state index is 0. The molecule has 0 unspecified atom stereocenters. The maximum Gasteiger partial charge on any atom is 0.407 e. The smallest absolute Gasteiger partial charge is 0.407 e. The van der Waals surface area contributed by atoms with Gasteiger partial charge in [0.2, 0.25) is 29.5 Å². The first-order valence-corrected chi connectivity index (χ1v) is 22.3. The molecule has 0 aromatic rings. The summed E-state index contributed by atoms with van der Waals surface area (Å²) in [7, 11) is 4.81. The highest BCUT2D eigenvalue weighted by Gasteiger charge is 2.19. The van der Waals surface area contributed by atoms with E-state index in [1.165, 1.54) is 0 Å². The van der Waals surface area contributed by atoms with Gasteiger partial charge in [-0.2, -0.15) is 54.0 Å². The molecule has 19 nitrogen and oxygen atoms in total. The monoisotopic (exact) mass is 1030 g/mol. The Bertz CT molecular complexity index is 1170. The molecule has 7 N–H and O–H groups in total. The molecule has 2 atom stereocenters. The number of unbranched alkanes of at least 4 members (excludes halogenated alkanes) is 3. The molecule has 0 saturated carbocycles. The van der Waals surface area contributed by atoms with Crippen LogP contribution in [0.4, 0.5) is 4.79 Å². The summed E-state index contributed by atoms with van der Waals surface area (Å²) in [4.78, 5) is 96.8. The number of Topliss-reactive ketones (excluding diaryl/α,β-unsaturated/α-hetero) is 1. The van der Waals surface area contributed by atoms with Crippen LogP contribution in [0.2, 0.25) is 0 Å². The lowest BCUT2D eigenvalue weighted by molar-refractivity contribution is -0.145. The quantitative estimate of drug-likeness (QED) is 0.0451. The average molecular weight is 1030 g/mol. The third kappa shape index (κ3) is 47.5. The minimum atomic E-state index is -0.400. The van der Waals surface area contributed by atoms with Crippen molar-refractivity contribution in [3.05, 3.63) is 0 Å². The molecule has 0 fully saturated rings. The zero-order chi connectivity index (χ0) is 47.6. The lowest BCUT2D eigenvalue weighted by Crippen LogP contribution is -2.42. The van der Waals surface area contributed by atoms with Gasteiger partial charge in [-0.3, -0.25) is 33.6 Å². The Kier molecular flexibility index (Phi) is 64.0. The van der Waals surface area contributed by atoms with Gasteiger partial charge in [0.25, 0.3) is 0 Å². The van der Waals surface area contributed by atoms with Crippen LogP contribution < -0.4 is 27.4 Å². The van der Waals surface area contributed by atoms with E-state index in [-0.39, 0.29) is 140 Å². The number of esters is 1. The topological polar surface area (TPSA) is 268 Å². The first-order chi connectivity index (χ1) is 29.6. The van der Waals surface area contributed by atoms with E-state index < -0.39 is 5.91 Å². The molecule has 0 spiro atoms. The highest BCUT2D eigenvalue weighted by molar-refractivity contribution is 7.59. The van der Waals surface area contributed by atoms with Crippen molar-refractivity contribution < 1.29 is 57.3 Å². The summed E-state index contributed by atoms with van der Waals surface area (Å²) >= 11 is 0. The van der Waals surface area contributed by atoms with Gasteiger partial charge in [-0.05, 0) is 58.9 Å². The number of hydrogen-bond donors (Lipinski definition) is 5. The lowest BCUT2D eigenvalue weighted by atomic mass is 9.97. The number of amides is 6. The average Bonchev–Trinajstić information content (AvgIpc) is 3.24. The molecule has 6 amide bonds. The van der Waals surface area contributed by atoms with E-state index in [1.54, 1.807) is 44.9 Å². The molecule has 0 aromatic heterocycles. The van der Waals surface area contributed by atoms with Gasteiger partial charge in [-0.1, -0.05) is 40.5 Å². The molecule has 0 aliphatic rings. The first-order valence-electron chi connectivity index (χ1n) is 22.3. The Balaban J connectivity index is -0.000000240. The zero-order valence-corrected chi connectivity index (χ0v) is 45.3. The SMILES string of the molecule is CCC(=O)N(CCC(=O)CCCCC[C@H](CC)C(N)=O)CCN(CCC(=O)NCCCC[C@H](NC)C(N)=O)C(=O)CC.CCCC(=O)OCCOC.CCNC(=O)OCCOC.S.S.S.S. The van der Waals surface area contributed by atoms with Gasteiger partial charge in [0.15, 0.2) is 0 Å². The van der Waals surface area contributed by atoms with Crippen molar-refractivity contribution in [3.8, 4) is 0 Å². The number of hydrogen-bond acceptors (Lipinski definition) is 13. The van der Waals surface area contributed by atoms with E-state index in [9.17, 15) is 38.4 Å². The number of primary amides is 2. The van der Waals surface area contributed by atoms with E-state index in [0.717, 1.165) is 44.9 Å². The second kappa shape index (κ2) is 54.6. The lowest BCUT2D eigenvalue weighted by Gasteiger charge is -2.27. The van der Waals surface area contributed by atoms with Crippen molar-refractivity contribution in [1.29, 1.82) is 0 Å². The minimum Gasteiger partial charge on any atom is -0.463 e. The van der Waals surface area contributed by atoms with Gasteiger partial charge in [0.05, 0.1) is 19.3 Å². The zero-order valence-electron chi connectivity index (χ0n) is 41.3. The predicted octanol–water partition coefficient (Wildman–Crippen LogP) is 3.44. The normalized spacial score (nSPS) is 10.6. The Hall–Kier alpha value is -2.96. The van der Waals surface area contributed by atoms with E-state index in [1.807, 2.05) is 20.8 Å². The maximum atomic E-state index is 12.5. The molecule has 0 radical (unpaired) electrons. The van der Waals surface area contributed by atoms with Crippen LogP contribution in [0.25, 0.3) is 0 Å². The summed E-state index contributed by atoms with van der Waals surface area (Å²) in [6, 6.07) is -0.383. The number of alkyl carbamates (subject to hydrolysis) is 1. The summed E-state index contributed by atoms with van der Waals surface area (Å²) in [5.41, 5.74) is 10.7. The van der Waals surface area contributed by atoms with Crippen molar-refractivity contribution >= 4 is 101 Å². The molecule has 0 saturated heterocycles. The molecule has 0 aromatic carbocycles. The van der Waals surface area contributed by atoms with Crippen LogP contribution in [0.15, 0.2) is 0 Å². The van der Waals surface area contributed by atoms with Crippen LogP contribution in [0.5, 0.6) is 0 Å². The van der Waals surface area contributed by atoms with Crippen molar-refractivity contribution in [1.82, 2.24) is 25.8 Å². The van der Waals surface area contributed by atoms with Crippen LogP contribution >= 0.6 is 54.0 Å². The number of carbonyl (C=O) groups is 8. The Labute approximate surface area is 423 Å². The fraction of sp³-hybridized carbons (Fsp3) is 0.814. The largest absolute Gasteiger partial charge is 0.463 e. The van der Waals surface area contributed by atoms with Gasteiger partial charge in [-0.15, -0.1) is 0 Å². The van der Waals surface area contributed by atoms with Crippen LogP contribution in [0.3, 0.4) is 0 Å². The van der Waals surface area contributed by atoms with E-state index in [0.29, 0.717) is 84.7 Å². The Morgan fingerprint density at radius 2 is 1.11 bits per heavy atom. The number of ether oxygens (including phenoxy) is 4. The highest BCUT2D eigenvalue weighted by Crippen LogP contribution is 2.14. The molecule has 23 heteroatoms.